The number of aromatic carboxylic acids is 1. The highest BCUT2D eigenvalue weighted by atomic mass is 19.1. The summed E-state index contributed by atoms with van der Waals surface area (Å²) in [6.07, 6.45) is 5.49. The van der Waals surface area contributed by atoms with Crippen LogP contribution in [0.15, 0.2) is 113 Å². The van der Waals surface area contributed by atoms with Crippen molar-refractivity contribution >= 4 is 45.9 Å². The zero-order valence-electron chi connectivity index (χ0n) is 33.8. The number of carbonyl (C=O) groups excluding carboxylic acids is 1. The number of benzene rings is 4. The second-order valence-corrected chi connectivity index (χ2v) is 15.6. The number of nitrogens with one attached hydrogen (secondary N) is 5. The van der Waals surface area contributed by atoms with E-state index in [0.717, 1.165) is 12.1 Å². The molecule has 5 heterocycles. The number of aromatic amines is 2. The highest BCUT2D eigenvalue weighted by molar-refractivity contribution is 5.89. The fourth-order valence-electron chi connectivity index (χ4n) is 7.96. The van der Waals surface area contributed by atoms with Gasteiger partial charge in [-0.3, -0.25) is 23.2 Å². The monoisotopic (exact) mass is 872 g/mol. The van der Waals surface area contributed by atoms with Gasteiger partial charge in [0.05, 0.1) is 28.1 Å². The molecule has 1 atom stereocenters. The molecule has 1 amide bonds. The number of piperazine rings is 1. The van der Waals surface area contributed by atoms with Gasteiger partial charge in [0, 0.05) is 55.8 Å². The summed E-state index contributed by atoms with van der Waals surface area (Å²) in [4.78, 5) is 66.9. The Hall–Kier alpha value is -8.06. The Labute approximate surface area is 359 Å². The quantitative estimate of drug-likeness (QED) is 0.0789. The van der Waals surface area contributed by atoms with Crippen molar-refractivity contribution in [2.24, 2.45) is 0 Å². The molecule has 0 bridgehead atoms. The zero-order valence-corrected chi connectivity index (χ0v) is 33.8. The van der Waals surface area contributed by atoms with Crippen molar-refractivity contribution in [1.82, 2.24) is 39.0 Å². The van der Waals surface area contributed by atoms with E-state index >= 15 is 8.78 Å². The number of halogens is 4. The number of rotatable bonds is 10. The Balaban J connectivity index is 0.935. The molecule has 1 aliphatic rings. The second kappa shape index (κ2) is 16.0. The molecule has 1 saturated heterocycles. The molecular formula is C45H36F4N10O5. The zero-order chi connectivity index (χ0) is 45.0. The van der Waals surface area contributed by atoms with Crippen LogP contribution in [0.4, 0.5) is 40.6 Å². The van der Waals surface area contributed by atoms with Crippen molar-refractivity contribution < 1.29 is 32.3 Å². The molecule has 4 aromatic carbocycles. The second-order valence-electron chi connectivity index (χ2n) is 15.6. The van der Waals surface area contributed by atoms with Crippen molar-refractivity contribution in [3.05, 3.63) is 164 Å². The Morgan fingerprint density at radius 2 is 1.23 bits per heavy atom. The van der Waals surface area contributed by atoms with Gasteiger partial charge in [0.25, 0.3) is 11.1 Å². The minimum absolute atomic E-state index is 0.0178. The topological polar surface area (TPSA) is 194 Å². The predicted molar refractivity (Wildman–Crippen MR) is 229 cm³/mol. The summed E-state index contributed by atoms with van der Waals surface area (Å²) in [5.41, 5.74) is -1.33. The van der Waals surface area contributed by atoms with Crippen molar-refractivity contribution in [1.29, 1.82) is 0 Å². The number of imidazole rings is 2. The summed E-state index contributed by atoms with van der Waals surface area (Å²) in [6, 6.07) is 17.6. The molecule has 0 spiro atoms. The Morgan fingerprint density at radius 1 is 0.734 bits per heavy atom. The van der Waals surface area contributed by atoms with Gasteiger partial charge in [-0.25, -0.2) is 32.3 Å². The first kappa shape index (κ1) is 41.3. The van der Waals surface area contributed by atoms with Gasteiger partial charge in [0.15, 0.2) is 34.3 Å². The first-order chi connectivity index (χ1) is 30.7. The highest BCUT2D eigenvalue weighted by Gasteiger charge is 2.37. The smallest absolute Gasteiger partial charge is 0.335 e. The van der Waals surface area contributed by atoms with Crippen LogP contribution in [-0.4, -0.2) is 70.3 Å². The van der Waals surface area contributed by atoms with E-state index in [4.69, 9.17) is 0 Å². The number of H-pyrrole nitrogens is 2. The van der Waals surface area contributed by atoms with Crippen LogP contribution in [0.25, 0.3) is 33.8 Å². The van der Waals surface area contributed by atoms with Gasteiger partial charge < -0.3 is 35.9 Å². The summed E-state index contributed by atoms with van der Waals surface area (Å²) < 4.78 is 64.5. The van der Waals surface area contributed by atoms with E-state index in [1.165, 1.54) is 76.1 Å². The van der Waals surface area contributed by atoms with Crippen LogP contribution in [-0.2, 0) is 10.2 Å². The third kappa shape index (κ3) is 7.30. The van der Waals surface area contributed by atoms with E-state index in [2.05, 4.69) is 35.9 Å². The molecule has 1 aliphatic heterocycles. The summed E-state index contributed by atoms with van der Waals surface area (Å²) in [7, 11) is 0. The number of aromatic nitrogens is 6. The lowest BCUT2D eigenvalue weighted by Crippen LogP contribution is -2.53. The molecule has 8 aromatic rings. The lowest BCUT2D eigenvalue weighted by molar-refractivity contribution is -0.137. The van der Waals surface area contributed by atoms with E-state index in [9.17, 15) is 33.1 Å². The molecule has 19 heteroatoms. The molecule has 4 aromatic heterocycles. The van der Waals surface area contributed by atoms with E-state index in [1.54, 1.807) is 43.0 Å². The number of amides is 1. The maximum Gasteiger partial charge on any atom is 0.335 e. The van der Waals surface area contributed by atoms with Gasteiger partial charge in [-0.05, 0) is 85.6 Å². The van der Waals surface area contributed by atoms with Crippen molar-refractivity contribution in [3.63, 3.8) is 0 Å². The molecular weight excluding hydrogens is 837 g/mol. The SMILES string of the molecule is CC(C)(C(=O)N1CCNC(c2cc(F)c(-c3nc(Nc4ccc(C(=O)O)cc4)c4c(=O)[nH]ccn34)c(F)c2)C1)c1ccc(Nc2nc(-c3c(F)cccc3F)n3cc[nH]c(=O)c23)cc1. The normalized spacial score (nSPS) is 14.3. The predicted octanol–water partition coefficient (Wildman–Crippen LogP) is 6.89. The minimum atomic E-state index is -1.13. The number of anilines is 4. The van der Waals surface area contributed by atoms with Gasteiger partial charge in [-0.15, -0.1) is 0 Å². The standard InChI is InChI=1S/C45H36F4N10O5/c1-45(2,25-8-12-27(13-9-25)54-38-35-41(60)51-15-18-58(35)39(55-38)33-28(46)4-3-5-29(33)47)44(64)57-17-14-50-32(22-57)24-20-30(48)34(31(49)21-24)40-56-37(36-42(61)52-16-19-59(36)40)53-26-10-6-23(7-11-26)43(62)63/h3-13,15-16,18-21,32,50,53-54H,14,17,22H2,1-2H3,(H,51,60)(H,52,61)(H,62,63). The fourth-order valence-corrected chi connectivity index (χ4v) is 7.96. The third-order valence-corrected chi connectivity index (χ3v) is 11.3. The Kier molecular flexibility index (Phi) is 10.3. The van der Waals surface area contributed by atoms with E-state index < -0.39 is 62.9 Å². The molecule has 1 unspecified atom stereocenters. The van der Waals surface area contributed by atoms with Crippen LogP contribution >= 0.6 is 0 Å². The molecule has 324 valence electrons. The summed E-state index contributed by atoms with van der Waals surface area (Å²) in [5, 5.41) is 18.5. The maximum absolute atomic E-state index is 16.2. The van der Waals surface area contributed by atoms with Crippen LogP contribution in [0.2, 0.25) is 0 Å². The number of hydrogen-bond acceptors (Lipinski definition) is 9. The molecule has 6 N–H and O–H groups in total. The first-order valence-electron chi connectivity index (χ1n) is 19.8. The van der Waals surface area contributed by atoms with E-state index in [-0.39, 0.29) is 57.9 Å². The van der Waals surface area contributed by atoms with Gasteiger partial charge in [-0.2, -0.15) is 0 Å². The van der Waals surface area contributed by atoms with E-state index in [0.29, 0.717) is 30.0 Å². The summed E-state index contributed by atoms with van der Waals surface area (Å²) in [6.45, 7) is 4.25. The Bertz CT molecular complexity index is 3230. The lowest BCUT2D eigenvalue weighted by atomic mass is 9.82. The molecule has 64 heavy (non-hydrogen) atoms. The number of carboxylic acids is 1. The third-order valence-electron chi connectivity index (χ3n) is 11.3. The largest absolute Gasteiger partial charge is 0.478 e. The van der Waals surface area contributed by atoms with E-state index in [1.807, 2.05) is 0 Å². The number of hydrogen-bond donors (Lipinski definition) is 6. The average Bonchev–Trinajstić information content (AvgIpc) is 3.82. The van der Waals surface area contributed by atoms with Crippen molar-refractivity contribution in [2.45, 2.75) is 25.3 Å². The maximum atomic E-state index is 16.2. The number of nitrogens with zero attached hydrogens (tertiary/aromatic N) is 5. The summed E-state index contributed by atoms with van der Waals surface area (Å²) in [5.74, 6) is -5.26. The fraction of sp³-hybridized carbons (Fsp3) is 0.156. The molecule has 0 radical (unpaired) electrons. The van der Waals surface area contributed by atoms with Crippen LogP contribution in [0, 0.1) is 23.3 Å². The van der Waals surface area contributed by atoms with Crippen LogP contribution < -0.4 is 27.1 Å². The average molecular weight is 873 g/mol. The van der Waals surface area contributed by atoms with Crippen LogP contribution in [0.5, 0.6) is 0 Å². The van der Waals surface area contributed by atoms with Gasteiger partial charge in [0.2, 0.25) is 5.91 Å². The minimum Gasteiger partial charge on any atom is -0.478 e. The number of carbonyl (C=O) groups is 2. The number of fused-ring (bicyclic) bond motifs is 2. The molecule has 15 nitrogen and oxygen atoms in total. The van der Waals surface area contributed by atoms with Gasteiger partial charge in [0.1, 0.15) is 23.3 Å². The van der Waals surface area contributed by atoms with Crippen molar-refractivity contribution in [3.8, 4) is 22.8 Å². The van der Waals surface area contributed by atoms with Gasteiger partial charge >= 0.3 is 5.97 Å². The molecule has 1 fully saturated rings. The highest BCUT2D eigenvalue weighted by Crippen LogP contribution is 2.35. The Morgan fingerprint density at radius 3 is 1.75 bits per heavy atom. The van der Waals surface area contributed by atoms with Crippen molar-refractivity contribution in [2.75, 3.05) is 30.3 Å². The van der Waals surface area contributed by atoms with Crippen LogP contribution in [0.3, 0.4) is 0 Å². The molecule has 0 saturated carbocycles. The first-order valence-corrected chi connectivity index (χ1v) is 19.8. The summed E-state index contributed by atoms with van der Waals surface area (Å²) >= 11 is 0. The lowest BCUT2D eigenvalue weighted by Gasteiger charge is -2.38. The molecule has 9 rings (SSSR count). The van der Waals surface area contributed by atoms with Crippen LogP contribution in [0.1, 0.15) is 41.4 Å². The van der Waals surface area contributed by atoms with Gasteiger partial charge in [-0.1, -0.05) is 18.2 Å². The molecule has 0 aliphatic carbocycles. The number of carboxylic acid groups (broad SMARTS) is 1.